The molecule has 2 unspecified atom stereocenters. The van der Waals surface area contributed by atoms with Gasteiger partial charge in [0.1, 0.15) is 0 Å². The lowest BCUT2D eigenvalue weighted by atomic mass is 9.89. The predicted molar refractivity (Wildman–Crippen MR) is 82.6 cm³/mol. The van der Waals surface area contributed by atoms with Gasteiger partial charge in [-0.25, -0.2) is 0 Å². The summed E-state index contributed by atoms with van der Waals surface area (Å²) in [5.41, 5.74) is 11.0. The first-order chi connectivity index (χ1) is 9.12. The van der Waals surface area contributed by atoms with Gasteiger partial charge in [0.2, 0.25) is 5.91 Å². The van der Waals surface area contributed by atoms with Gasteiger partial charge in [0.15, 0.2) is 0 Å². The van der Waals surface area contributed by atoms with Crippen molar-refractivity contribution in [2.24, 2.45) is 5.73 Å². The van der Waals surface area contributed by atoms with Gasteiger partial charge >= 0.3 is 0 Å². The van der Waals surface area contributed by atoms with Crippen molar-refractivity contribution >= 4 is 5.91 Å². The molecule has 1 aliphatic heterocycles. The van der Waals surface area contributed by atoms with E-state index in [0.717, 1.165) is 0 Å². The maximum atomic E-state index is 12.4. The molecule has 1 heterocycles. The largest absolute Gasteiger partial charge is 0.329 e. The Morgan fingerprint density at radius 1 is 1.15 bits per heavy atom. The van der Waals surface area contributed by atoms with Gasteiger partial charge in [0, 0.05) is 18.0 Å². The molecule has 110 valence electrons. The Balaban J connectivity index is 2.57. The van der Waals surface area contributed by atoms with E-state index in [4.69, 9.17) is 5.73 Å². The number of carbonyl (C=O) groups excluding carboxylic acids is 1. The smallest absolute Gasteiger partial charge is 0.225 e. The molecule has 0 radical (unpaired) electrons. The first kappa shape index (κ1) is 15.0. The van der Waals surface area contributed by atoms with Gasteiger partial charge < -0.3 is 10.6 Å². The standard InChI is InChI=1S/C17H26N2O/c1-10-7-11(2)15(12(3)8-10)16-13(18)9-14(20)19(16)17(4,5)6/h7-8,13,16H,9,18H2,1-6H3. The summed E-state index contributed by atoms with van der Waals surface area (Å²) in [5.74, 6) is 0.161. The first-order valence-electron chi connectivity index (χ1n) is 7.28. The van der Waals surface area contributed by atoms with E-state index in [0.29, 0.717) is 6.42 Å². The Morgan fingerprint density at radius 2 is 1.65 bits per heavy atom. The Morgan fingerprint density at radius 3 is 2.10 bits per heavy atom. The predicted octanol–water partition coefficient (Wildman–Crippen LogP) is 3.01. The molecule has 2 rings (SSSR count). The fourth-order valence-electron chi connectivity index (χ4n) is 3.55. The van der Waals surface area contributed by atoms with Crippen molar-refractivity contribution in [3.05, 3.63) is 34.4 Å². The minimum atomic E-state index is -0.209. The second-order valence-electron chi connectivity index (χ2n) is 7.06. The van der Waals surface area contributed by atoms with E-state index in [1.54, 1.807) is 0 Å². The second-order valence-corrected chi connectivity index (χ2v) is 7.06. The van der Waals surface area contributed by atoms with Gasteiger partial charge in [0.05, 0.1) is 6.04 Å². The molecule has 3 nitrogen and oxygen atoms in total. The van der Waals surface area contributed by atoms with Crippen LogP contribution in [0.3, 0.4) is 0 Å². The zero-order valence-corrected chi connectivity index (χ0v) is 13.4. The van der Waals surface area contributed by atoms with E-state index in [2.05, 4.69) is 53.7 Å². The van der Waals surface area contributed by atoms with Crippen LogP contribution in [0.5, 0.6) is 0 Å². The normalized spacial score (nSPS) is 23.6. The van der Waals surface area contributed by atoms with Crippen molar-refractivity contribution in [2.75, 3.05) is 0 Å². The van der Waals surface area contributed by atoms with Crippen LogP contribution in [-0.2, 0) is 4.79 Å². The fraction of sp³-hybridized carbons (Fsp3) is 0.588. The Hall–Kier alpha value is -1.35. The highest BCUT2D eigenvalue weighted by molar-refractivity contribution is 5.81. The molecule has 2 N–H and O–H groups in total. The van der Waals surface area contributed by atoms with Gasteiger partial charge in [0.25, 0.3) is 0 Å². The molecular formula is C17H26N2O. The van der Waals surface area contributed by atoms with Crippen molar-refractivity contribution in [1.82, 2.24) is 4.90 Å². The zero-order chi connectivity index (χ0) is 15.2. The summed E-state index contributed by atoms with van der Waals surface area (Å²) < 4.78 is 0. The average molecular weight is 274 g/mol. The van der Waals surface area contributed by atoms with Gasteiger partial charge in [-0.3, -0.25) is 4.79 Å². The van der Waals surface area contributed by atoms with Crippen LogP contribution in [-0.4, -0.2) is 22.4 Å². The lowest BCUT2D eigenvalue weighted by Gasteiger charge is -2.39. The van der Waals surface area contributed by atoms with Crippen LogP contribution >= 0.6 is 0 Å². The first-order valence-corrected chi connectivity index (χ1v) is 7.28. The monoisotopic (exact) mass is 274 g/mol. The third-order valence-electron chi connectivity index (χ3n) is 4.12. The molecular weight excluding hydrogens is 248 g/mol. The van der Waals surface area contributed by atoms with E-state index in [9.17, 15) is 4.79 Å². The summed E-state index contributed by atoms with van der Waals surface area (Å²) in [6.45, 7) is 12.6. The number of nitrogens with zero attached hydrogens (tertiary/aromatic N) is 1. The zero-order valence-electron chi connectivity index (χ0n) is 13.4. The van der Waals surface area contributed by atoms with Crippen LogP contribution < -0.4 is 5.73 Å². The molecule has 0 saturated carbocycles. The summed E-state index contributed by atoms with van der Waals surface area (Å²) >= 11 is 0. The number of nitrogens with two attached hydrogens (primary N) is 1. The molecule has 1 saturated heterocycles. The lowest BCUT2D eigenvalue weighted by molar-refractivity contribution is -0.133. The number of aryl methyl sites for hydroxylation is 3. The van der Waals surface area contributed by atoms with Crippen molar-refractivity contribution in [3.8, 4) is 0 Å². The number of rotatable bonds is 1. The van der Waals surface area contributed by atoms with E-state index in [-0.39, 0.29) is 23.5 Å². The summed E-state index contributed by atoms with van der Waals surface area (Å²) in [6.07, 6.45) is 0.439. The minimum Gasteiger partial charge on any atom is -0.329 e. The van der Waals surface area contributed by atoms with Crippen LogP contribution in [0.25, 0.3) is 0 Å². The Labute approximate surface area is 122 Å². The molecule has 1 amide bonds. The van der Waals surface area contributed by atoms with Crippen molar-refractivity contribution < 1.29 is 4.79 Å². The number of likely N-dealkylation sites (tertiary alicyclic amines) is 1. The minimum absolute atomic E-state index is 0.0110. The van der Waals surface area contributed by atoms with E-state index < -0.39 is 0 Å². The van der Waals surface area contributed by atoms with Crippen molar-refractivity contribution in [2.45, 2.75) is 65.6 Å². The number of amides is 1. The highest BCUT2D eigenvalue weighted by Gasteiger charge is 2.44. The second kappa shape index (κ2) is 4.88. The van der Waals surface area contributed by atoms with E-state index in [1.165, 1.54) is 22.3 Å². The maximum absolute atomic E-state index is 12.4. The summed E-state index contributed by atoms with van der Waals surface area (Å²) in [6, 6.07) is 4.22. The number of hydrogen-bond acceptors (Lipinski definition) is 2. The van der Waals surface area contributed by atoms with Crippen molar-refractivity contribution in [3.63, 3.8) is 0 Å². The summed E-state index contributed by atoms with van der Waals surface area (Å²) in [5, 5.41) is 0. The summed E-state index contributed by atoms with van der Waals surface area (Å²) in [7, 11) is 0. The van der Waals surface area contributed by atoms with E-state index >= 15 is 0 Å². The third kappa shape index (κ3) is 2.47. The molecule has 1 aromatic rings. The third-order valence-corrected chi connectivity index (χ3v) is 4.12. The molecule has 3 heteroatoms. The quantitative estimate of drug-likeness (QED) is 0.855. The van der Waals surface area contributed by atoms with Crippen LogP contribution in [0.4, 0.5) is 0 Å². The fourth-order valence-corrected chi connectivity index (χ4v) is 3.55. The molecule has 1 aromatic carbocycles. The molecule has 20 heavy (non-hydrogen) atoms. The average Bonchev–Trinajstić information content (AvgIpc) is 2.51. The van der Waals surface area contributed by atoms with Crippen LogP contribution in [0.15, 0.2) is 12.1 Å². The molecule has 0 bridgehead atoms. The van der Waals surface area contributed by atoms with Crippen LogP contribution in [0.1, 0.15) is 55.5 Å². The van der Waals surface area contributed by atoms with E-state index in [1.807, 2.05) is 4.90 Å². The number of hydrogen-bond donors (Lipinski definition) is 1. The van der Waals surface area contributed by atoms with Gasteiger partial charge in [-0.15, -0.1) is 0 Å². The lowest BCUT2D eigenvalue weighted by Crippen LogP contribution is -2.45. The van der Waals surface area contributed by atoms with Gasteiger partial charge in [-0.05, 0) is 58.2 Å². The number of benzene rings is 1. The SMILES string of the molecule is Cc1cc(C)c(C2C(N)CC(=O)N2C(C)(C)C)c(C)c1. The topological polar surface area (TPSA) is 46.3 Å². The molecule has 0 aliphatic carbocycles. The van der Waals surface area contributed by atoms with Gasteiger partial charge in [-0.1, -0.05) is 17.7 Å². The molecule has 0 spiro atoms. The number of carbonyl (C=O) groups is 1. The van der Waals surface area contributed by atoms with Crippen molar-refractivity contribution in [1.29, 1.82) is 0 Å². The van der Waals surface area contributed by atoms with Gasteiger partial charge in [-0.2, -0.15) is 0 Å². The molecule has 1 fully saturated rings. The Kier molecular flexibility index (Phi) is 3.67. The van der Waals surface area contributed by atoms with Crippen LogP contribution in [0.2, 0.25) is 0 Å². The Bertz CT molecular complexity index is 519. The van der Waals surface area contributed by atoms with Crippen LogP contribution in [0, 0.1) is 20.8 Å². The molecule has 2 atom stereocenters. The molecule has 0 aromatic heterocycles. The molecule has 1 aliphatic rings. The highest BCUT2D eigenvalue weighted by atomic mass is 16.2. The highest BCUT2D eigenvalue weighted by Crippen LogP contribution is 2.40. The maximum Gasteiger partial charge on any atom is 0.225 e. The summed E-state index contributed by atoms with van der Waals surface area (Å²) in [4.78, 5) is 14.3.